The van der Waals surface area contributed by atoms with E-state index in [1.54, 1.807) is 0 Å². The molecule has 0 amide bonds. The summed E-state index contributed by atoms with van der Waals surface area (Å²) in [5.74, 6) is -1.65. The molecule has 0 spiro atoms. The van der Waals surface area contributed by atoms with Gasteiger partial charge in [-0.25, -0.2) is 4.79 Å². The third-order valence-corrected chi connectivity index (χ3v) is 3.52. The fourth-order valence-electron chi connectivity index (χ4n) is 1.95. The smallest absolute Gasteiger partial charge is 0.347 e. The third-order valence-electron chi connectivity index (χ3n) is 3.01. The van der Waals surface area contributed by atoms with E-state index in [-0.39, 0.29) is 11.1 Å². The maximum Gasteiger partial charge on any atom is 0.347 e. The van der Waals surface area contributed by atoms with Crippen LogP contribution in [0.25, 0.3) is 0 Å². The molecule has 3 nitrogen and oxygen atoms in total. The van der Waals surface area contributed by atoms with Gasteiger partial charge in [0, 0.05) is 18.3 Å². The van der Waals surface area contributed by atoms with Gasteiger partial charge in [-0.2, -0.15) is 0 Å². The van der Waals surface area contributed by atoms with Crippen LogP contribution in [0.15, 0.2) is 48.5 Å². The molecular formula is C17H16Cl2O3. The van der Waals surface area contributed by atoms with E-state index in [1.807, 2.05) is 0 Å². The number of carbonyl (C=O) groups is 1. The normalized spacial score (nSPS) is 17.9. The molecule has 0 saturated carbocycles. The predicted molar refractivity (Wildman–Crippen MR) is 87.1 cm³/mol. The van der Waals surface area contributed by atoms with Gasteiger partial charge >= 0.3 is 5.97 Å². The summed E-state index contributed by atoms with van der Waals surface area (Å²) in [6, 6.07) is 10.6. The Labute approximate surface area is 149 Å². The van der Waals surface area contributed by atoms with Crippen LogP contribution in [0.3, 0.4) is 0 Å². The molecule has 0 unspecified atom stereocenters. The molecular weight excluding hydrogens is 323 g/mol. The van der Waals surface area contributed by atoms with Crippen molar-refractivity contribution in [2.45, 2.75) is 25.4 Å². The van der Waals surface area contributed by atoms with Gasteiger partial charge in [0.1, 0.15) is 0 Å². The monoisotopic (exact) mass is 345 g/mol. The van der Waals surface area contributed by atoms with E-state index in [1.165, 1.54) is 48.5 Å². The van der Waals surface area contributed by atoms with Crippen LogP contribution in [-0.2, 0) is 15.1 Å². The summed E-state index contributed by atoms with van der Waals surface area (Å²) < 4.78 is 57.0. The molecule has 2 rings (SSSR count). The number of carbonyl (C=O) groups excluding carboxylic acids is 1. The number of hydrogen-bond donors (Lipinski definition) is 1. The van der Waals surface area contributed by atoms with Crippen LogP contribution in [0.5, 0.6) is 0 Å². The lowest BCUT2D eigenvalue weighted by Gasteiger charge is -2.28. The number of rotatable bonds is 4. The first kappa shape index (κ1) is 9.56. The number of halogens is 2. The molecule has 5 heteroatoms. The van der Waals surface area contributed by atoms with Crippen LogP contribution in [0.4, 0.5) is 0 Å². The Hall–Kier alpha value is -1.55. The second-order valence-electron chi connectivity index (χ2n) is 4.44. The minimum Gasteiger partial charge on any atom is -0.460 e. The summed E-state index contributed by atoms with van der Waals surface area (Å²) in [4.78, 5) is 13.0. The van der Waals surface area contributed by atoms with E-state index < -0.39 is 31.4 Å². The highest BCUT2D eigenvalue weighted by molar-refractivity contribution is 6.30. The van der Waals surface area contributed by atoms with Gasteiger partial charge in [0.15, 0.2) is 0 Å². The number of ether oxygens (including phenoxy) is 1. The van der Waals surface area contributed by atoms with Crippen molar-refractivity contribution in [2.75, 3.05) is 0 Å². The van der Waals surface area contributed by atoms with Crippen LogP contribution in [0.2, 0.25) is 10.0 Å². The van der Waals surface area contributed by atoms with E-state index >= 15 is 0 Å². The van der Waals surface area contributed by atoms with Gasteiger partial charge in [0.2, 0.25) is 5.60 Å². The lowest BCUT2D eigenvalue weighted by Crippen LogP contribution is -2.39. The maximum atomic E-state index is 13.0. The van der Waals surface area contributed by atoms with Crippen LogP contribution < -0.4 is 0 Å². The Balaban J connectivity index is 2.64. The molecule has 0 aliphatic heterocycles. The topological polar surface area (TPSA) is 46.5 Å². The van der Waals surface area contributed by atoms with E-state index in [9.17, 15) is 9.90 Å². The lowest BCUT2D eigenvalue weighted by atomic mass is 9.86. The molecule has 0 aliphatic rings. The van der Waals surface area contributed by atoms with Gasteiger partial charge in [-0.1, -0.05) is 47.5 Å². The molecule has 2 aromatic carbocycles. The Bertz CT molecular complexity index is 818. The van der Waals surface area contributed by atoms with Crippen LogP contribution in [-0.4, -0.2) is 17.2 Å². The van der Waals surface area contributed by atoms with E-state index in [0.29, 0.717) is 10.0 Å². The number of benzene rings is 2. The van der Waals surface area contributed by atoms with Gasteiger partial charge < -0.3 is 9.84 Å². The number of aliphatic hydroxyl groups is 1. The minimum atomic E-state index is -3.61. The molecule has 0 radical (unpaired) electrons. The molecule has 0 fully saturated rings. The van der Waals surface area contributed by atoms with Crippen molar-refractivity contribution < 1.29 is 24.2 Å². The van der Waals surface area contributed by atoms with Gasteiger partial charge in [-0.05, 0) is 49.1 Å². The zero-order valence-electron chi connectivity index (χ0n) is 18.1. The maximum absolute atomic E-state index is 13.0. The molecule has 2 aromatic rings. The third kappa shape index (κ3) is 3.43. The highest BCUT2D eigenvalue weighted by Gasteiger charge is 2.42. The molecule has 0 atom stereocenters. The lowest BCUT2D eigenvalue weighted by molar-refractivity contribution is -0.166. The first-order valence-corrected chi connectivity index (χ1v) is 6.86. The molecule has 22 heavy (non-hydrogen) atoms. The second-order valence-corrected chi connectivity index (χ2v) is 5.32. The average molecular weight is 346 g/mol. The molecule has 0 aliphatic carbocycles. The Morgan fingerprint density at radius 2 is 1.50 bits per heavy atom. The summed E-state index contributed by atoms with van der Waals surface area (Å²) in [6.07, 6.45) is -3.61. The molecule has 0 heterocycles. The number of hydrogen-bond acceptors (Lipinski definition) is 3. The minimum absolute atomic E-state index is 0.0762. The quantitative estimate of drug-likeness (QED) is 0.845. The Morgan fingerprint density at radius 3 is 1.86 bits per heavy atom. The summed E-state index contributed by atoms with van der Waals surface area (Å²) in [6.45, 7) is -7.04. The fourth-order valence-corrected chi connectivity index (χ4v) is 2.20. The fraction of sp³-hybridized carbons (Fsp3) is 0.235. The van der Waals surface area contributed by atoms with Crippen molar-refractivity contribution in [2.24, 2.45) is 0 Å². The van der Waals surface area contributed by atoms with E-state index in [0.717, 1.165) is 0 Å². The van der Waals surface area contributed by atoms with E-state index in [4.69, 9.17) is 32.8 Å². The largest absolute Gasteiger partial charge is 0.460 e. The average Bonchev–Trinajstić information content (AvgIpc) is 2.60. The molecule has 0 aromatic heterocycles. The summed E-state index contributed by atoms with van der Waals surface area (Å²) in [5, 5.41) is 11.9. The van der Waals surface area contributed by atoms with Crippen LogP contribution in [0, 0.1) is 0 Å². The highest BCUT2D eigenvalue weighted by Crippen LogP contribution is 2.33. The molecule has 0 bridgehead atoms. The second kappa shape index (κ2) is 6.69. The summed E-state index contributed by atoms with van der Waals surface area (Å²) >= 11 is 11.7. The van der Waals surface area contributed by atoms with Crippen molar-refractivity contribution >= 4 is 29.2 Å². The highest BCUT2D eigenvalue weighted by atomic mass is 35.5. The SMILES string of the molecule is [2H]C([2H])([2H])C([2H])(OC(=O)C(O)(c1ccc(Cl)cc1)c1ccc(Cl)cc1)C([2H])([2H])[2H]. The van der Waals surface area contributed by atoms with Crippen LogP contribution in [0.1, 0.15) is 34.4 Å². The summed E-state index contributed by atoms with van der Waals surface area (Å²) in [7, 11) is 0. The predicted octanol–water partition coefficient (Wildman–Crippen LogP) is 4.18. The molecule has 116 valence electrons. The van der Waals surface area contributed by atoms with Gasteiger partial charge in [0.05, 0.1) is 7.45 Å². The first-order valence-electron chi connectivity index (χ1n) is 9.61. The summed E-state index contributed by atoms with van der Waals surface area (Å²) in [5.41, 5.74) is -2.78. The van der Waals surface area contributed by atoms with Gasteiger partial charge in [-0.15, -0.1) is 0 Å². The zero-order chi connectivity index (χ0) is 22.3. The Kier molecular flexibility index (Phi) is 2.91. The first-order chi connectivity index (χ1) is 13.1. The van der Waals surface area contributed by atoms with Crippen molar-refractivity contribution in [3.05, 3.63) is 69.7 Å². The van der Waals surface area contributed by atoms with E-state index in [2.05, 4.69) is 4.74 Å². The van der Waals surface area contributed by atoms with Crippen molar-refractivity contribution in [1.29, 1.82) is 0 Å². The van der Waals surface area contributed by atoms with Crippen LogP contribution >= 0.6 is 23.2 Å². The number of esters is 1. The van der Waals surface area contributed by atoms with Crippen molar-refractivity contribution in [3.63, 3.8) is 0 Å². The van der Waals surface area contributed by atoms with Gasteiger partial charge in [-0.3, -0.25) is 0 Å². The Morgan fingerprint density at radius 1 is 1.09 bits per heavy atom. The van der Waals surface area contributed by atoms with Gasteiger partial charge in [0.25, 0.3) is 0 Å². The van der Waals surface area contributed by atoms with Crippen molar-refractivity contribution in [1.82, 2.24) is 0 Å². The van der Waals surface area contributed by atoms with Crippen molar-refractivity contribution in [3.8, 4) is 0 Å². The molecule has 1 N–H and O–H groups in total. The zero-order valence-corrected chi connectivity index (χ0v) is 12.7. The standard InChI is InChI=1S/C17H16Cl2O3/c1-11(2)22-16(20)17(21,12-3-7-14(18)8-4-12)13-5-9-15(19)10-6-13/h3-11,21H,1-2H3/i1D3,2D3,11D. The molecule has 0 saturated heterocycles.